The van der Waals surface area contributed by atoms with Crippen molar-refractivity contribution in [3.05, 3.63) is 21.9 Å². The van der Waals surface area contributed by atoms with E-state index in [9.17, 15) is 0 Å². The summed E-state index contributed by atoms with van der Waals surface area (Å²) in [5.74, 6) is 0.718. The van der Waals surface area contributed by atoms with Crippen molar-refractivity contribution in [2.24, 2.45) is 11.7 Å². The van der Waals surface area contributed by atoms with Crippen LogP contribution in [0.1, 0.15) is 36.6 Å². The Balaban J connectivity index is 2.03. The van der Waals surface area contributed by atoms with E-state index in [1.807, 2.05) is 11.3 Å². The van der Waals surface area contributed by atoms with Gasteiger partial charge < -0.3 is 5.73 Å². The minimum atomic E-state index is 0.714. The van der Waals surface area contributed by atoms with Crippen LogP contribution in [0.3, 0.4) is 0 Å². The molecule has 2 unspecified atom stereocenters. The molecular formula is C14H24N2S. The Hall–Kier alpha value is -0.380. The fourth-order valence-corrected chi connectivity index (χ4v) is 3.92. The van der Waals surface area contributed by atoms with E-state index < -0.39 is 0 Å². The van der Waals surface area contributed by atoms with Crippen LogP contribution in [0.25, 0.3) is 0 Å². The van der Waals surface area contributed by atoms with Crippen molar-refractivity contribution in [2.45, 2.75) is 45.7 Å². The zero-order valence-electron chi connectivity index (χ0n) is 11.0. The van der Waals surface area contributed by atoms with E-state index in [2.05, 4.69) is 30.2 Å². The molecule has 1 saturated carbocycles. The smallest absolute Gasteiger partial charge is 0.0333 e. The Labute approximate surface area is 109 Å². The Kier molecular flexibility index (Phi) is 4.60. The van der Waals surface area contributed by atoms with Gasteiger partial charge in [0.25, 0.3) is 0 Å². The van der Waals surface area contributed by atoms with Gasteiger partial charge in [-0.1, -0.05) is 13.3 Å². The first-order chi connectivity index (χ1) is 8.26. The number of rotatable bonds is 5. The van der Waals surface area contributed by atoms with Crippen molar-refractivity contribution in [3.63, 3.8) is 0 Å². The number of hydrogen-bond donors (Lipinski definition) is 1. The lowest BCUT2D eigenvalue weighted by Gasteiger charge is -2.31. The van der Waals surface area contributed by atoms with E-state index in [0.717, 1.165) is 25.6 Å². The van der Waals surface area contributed by atoms with Gasteiger partial charge in [-0.3, -0.25) is 4.90 Å². The molecule has 17 heavy (non-hydrogen) atoms. The SMILES string of the molecule is CCN(Cc1sccc1C)C1CCCC1CN. The van der Waals surface area contributed by atoms with Crippen LogP contribution in [-0.2, 0) is 6.54 Å². The summed E-state index contributed by atoms with van der Waals surface area (Å²) in [7, 11) is 0. The molecule has 1 aliphatic rings. The monoisotopic (exact) mass is 252 g/mol. The van der Waals surface area contributed by atoms with E-state index in [-0.39, 0.29) is 0 Å². The first-order valence-electron chi connectivity index (χ1n) is 6.73. The second-order valence-corrected chi connectivity index (χ2v) is 6.08. The molecule has 0 saturated heterocycles. The molecule has 2 atom stereocenters. The molecule has 96 valence electrons. The molecule has 2 rings (SSSR count). The molecule has 1 aromatic heterocycles. The minimum Gasteiger partial charge on any atom is -0.330 e. The van der Waals surface area contributed by atoms with Gasteiger partial charge in [0.05, 0.1) is 0 Å². The summed E-state index contributed by atoms with van der Waals surface area (Å²) in [6, 6.07) is 2.94. The lowest BCUT2D eigenvalue weighted by Crippen LogP contribution is -2.39. The van der Waals surface area contributed by atoms with E-state index in [1.165, 1.54) is 29.7 Å². The Bertz CT molecular complexity index is 348. The predicted molar refractivity (Wildman–Crippen MR) is 75.3 cm³/mol. The summed E-state index contributed by atoms with van der Waals surface area (Å²) < 4.78 is 0. The third-order valence-corrected chi connectivity index (χ3v) is 5.12. The average molecular weight is 252 g/mol. The number of aryl methyl sites for hydroxylation is 1. The van der Waals surface area contributed by atoms with Gasteiger partial charge in [0, 0.05) is 17.5 Å². The second kappa shape index (κ2) is 5.98. The van der Waals surface area contributed by atoms with Gasteiger partial charge >= 0.3 is 0 Å². The second-order valence-electron chi connectivity index (χ2n) is 5.08. The summed E-state index contributed by atoms with van der Waals surface area (Å²) in [4.78, 5) is 4.15. The van der Waals surface area contributed by atoms with Gasteiger partial charge in [0.15, 0.2) is 0 Å². The number of nitrogens with two attached hydrogens (primary N) is 1. The number of nitrogens with zero attached hydrogens (tertiary/aromatic N) is 1. The van der Waals surface area contributed by atoms with Crippen molar-refractivity contribution in [1.82, 2.24) is 4.90 Å². The molecule has 0 spiro atoms. The van der Waals surface area contributed by atoms with Crippen LogP contribution in [-0.4, -0.2) is 24.0 Å². The largest absolute Gasteiger partial charge is 0.330 e. The topological polar surface area (TPSA) is 29.3 Å². The zero-order chi connectivity index (χ0) is 12.3. The first-order valence-corrected chi connectivity index (χ1v) is 7.61. The van der Waals surface area contributed by atoms with Crippen molar-refractivity contribution >= 4 is 11.3 Å². The third kappa shape index (κ3) is 2.90. The summed E-state index contributed by atoms with van der Waals surface area (Å²) in [5.41, 5.74) is 7.34. The van der Waals surface area contributed by atoms with Crippen molar-refractivity contribution in [3.8, 4) is 0 Å². The molecule has 0 bridgehead atoms. The fraction of sp³-hybridized carbons (Fsp3) is 0.714. The van der Waals surface area contributed by atoms with Crippen LogP contribution in [0.4, 0.5) is 0 Å². The minimum absolute atomic E-state index is 0.714. The average Bonchev–Trinajstić information content (AvgIpc) is 2.95. The van der Waals surface area contributed by atoms with E-state index in [4.69, 9.17) is 5.73 Å². The van der Waals surface area contributed by atoms with Gasteiger partial charge in [0.2, 0.25) is 0 Å². The maximum atomic E-state index is 5.90. The predicted octanol–water partition coefficient (Wildman–Crippen LogP) is 3.01. The van der Waals surface area contributed by atoms with Crippen LogP contribution in [0, 0.1) is 12.8 Å². The lowest BCUT2D eigenvalue weighted by atomic mass is 10.0. The first kappa shape index (κ1) is 13.1. The van der Waals surface area contributed by atoms with Crippen LogP contribution in [0.5, 0.6) is 0 Å². The maximum Gasteiger partial charge on any atom is 0.0333 e. The van der Waals surface area contributed by atoms with E-state index in [1.54, 1.807) is 0 Å². The summed E-state index contributed by atoms with van der Waals surface area (Å²) in [6.45, 7) is 7.59. The highest BCUT2D eigenvalue weighted by Gasteiger charge is 2.30. The molecular weight excluding hydrogens is 228 g/mol. The van der Waals surface area contributed by atoms with Crippen molar-refractivity contribution in [1.29, 1.82) is 0 Å². The van der Waals surface area contributed by atoms with Crippen molar-refractivity contribution in [2.75, 3.05) is 13.1 Å². The molecule has 1 aliphatic carbocycles. The zero-order valence-corrected chi connectivity index (χ0v) is 11.8. The number of thiophene rings is 1. The highest BCUT2D eigenvalue weighted by molar-refractivity contribution is 7.10. The Morgan fingerprint density at radius 2 is 2.29 bits per heavy atom. The third-order valence-electron chi connectivity index (χ3n) is 4.11. The van der Waals surface area contributed by atoms with Gasteiger partial charge in [-0.2, -0.15) is 0 Å². The quantitative estimate of drug-likeness (QED) is 0.873. The molecule has 1 fully saturated rings. The van der Waals surface area contributed by atoms with Crippen LogP contribution < -0.4 is 5.73 Å². The molecule has 1 aromatic rings. The van der Waals surface area contributed by atoms with Crippen LogP contribution >= 0.6 is 11.3 Å². The number of hydrogen-bond acceptors (Lipinski definition) is 3. The van der Waals surface area contributed by atoms with Gasteiger partial charge in [-0.15, -0.1) is 11.3 Å². The summed E-state index contributed by atoms with van der Waals surface area (Å²) in [6.07, 6.45) is 4.01. The highest BCUT2D eigenvalue weighted by atomic mass is 32.1. The lowest BCUT2D eigenvalue weighted by molar-refractivity contribution is 0.163. The molecule has 1 heterocycles. The molecule has 3 heteroatoms. The van der Waals surface area contributed by atoms with E-state index in [0.29, 0.717) is 6.04 Å². The van der Waals surface area contributed by atoms with Gasteiger partial charge in [-0.05, 0) is 55.8 Å². The summed E-state index contributed by atoms with van der Waals surface area (Å²) >= 11 is 1.89. The fourth-order valence-electron chi connectivity index (χ4n) is 2.99. The molecule has 0 radical (unpaired) electrons. The standard InChI is InChI=1S/C14H24N2S/c1-3-16(10-14-11(2)7-8-17-14)13-6-4-5-12(13)9-15/h7-8,12-13H,3-6,9-10,15H2,1-2H3. The molecule has 0 amide bonds. The van der Waals surface area contributed by atoms with Gasteiger partial charge in [0.1, 0.15) is 0 Å². The Morgan fingerprint density at radius 3 is 2.88 bits per heavy atom. The highest BCUT2D eigenvalue weighted by Crippen LogP contribution is 2.31. The van der Waals surface area contributed by atoms with Crippen LogP contribution in [0.2, 0.25) is 0 Å². The molecule has 2 nitrogen and oxygen atoms in total. The molecule has 2 N–H and O–H groups in total. The molecule has 0 aliphatic heterocycles. The van der Waals surface area contributed by atoms with Crippen molar-refractivity contribution < 1.29 is 0 Å². The molecule has 0 aromatic carbocycles. The normalized spacial score (nSPS) is 24.7. The Morgan fingerprint density at radius 1 is 1.47 bits per heavy atom. The van der Waals surface area contributed by atoms with E-state index >= 15 is 0 Å². The maximum absolute atomic E-state index is 5.90. The van der Waals surface area contributed by atoms with Crippen LogP contribution in [0.15, 0.2) is 11.4 Å². The summed E-state index contributed by atoms with van der Waals surface area (Å²) in [5, 5.41) is 2.20. The van der Waals surface area contributed by atoms with Gasteiger partial charge in [-0.25, -0.2) is 0 Å².